The van der Waals surface area contributed by atoms with Crippen LogP contribution >= 0.6 is 11.6 Å². The van der Waals surface area contributed by atoms with Crippen LogP contribution in [0.3, 0.4) is 0 Å². The van der Waals surface area contributed by atoms with Gasteiger partial charge in [0.25, 0.3) is 0 Å². The summed E-state index contributed by atoms with van der Waals surface area (Å²) in [5.74, 6) is -0.425. The van der Waals surface area contributed by atoms with E-state index in [4.69, 9.17) is 26.8 Å². The lowest BCUT2D eigenvalue weighted by Gasteiger charge is -2.22. The molecule has 1 atom stereocenters. The Morgan fingerprint density at radius 1 is 1.53 bits per heavy atom. The van der Waals surface area contributed by atoms with Gasteiger partial charge >= 0.3 is 5.97 Å². The van der Waals surface area contributed by atoms with E-state index in [0.717, 1.165) is 19.4 Å². The van der Waals surface area contributed by atoms with Gasteiger partial charge in [-0.2, -0.15) is 0 Å². The van der Waals surface area contributed by atoms with Crippen LogP contribution in [0.15, 0.2) is 18.2 Å². The molecule has 0 radical (unpaired) electrons. The maximum absolute atomic E-state index is 11.8. The van der Waals surface area contributed by atoms with Crippen molar-refractivity contribution in [2.24, 2.45) is 0 Å². The summed E-state index contributed by atoms with van der Waals surface area (Å²) in [6.45, 7) is 1.19. The van der Waals surface area contributed by atoms with Gasteiger partial charge in [-0.1, -0.05) is 11.6 Å². The topological polar surface area (TPSA) is 61.6 Å². The number of hydrogen-bond acceptors (Lipinski definition) is 4. The van der Waals surface area contributed by atoms with Gasteiger partial charge in [0.1, 0.15) is 6.10 Å². The highest BCUT2D eigenvalue weighted by molar-refractivity contribution is 6.33. The van der Waals surface area contributed by atoms with Crippen molar-refractivity contribution >= 4 is 23.3 Å². The molecule has 0 saturated carbocycles. The minimum absolute atomic E-state index is 0.176. The van der Waals surface area contributed by atoms with Gasteiger partial charge in [0.2, 0.25) is 0 Å². The van der Waals surface area contributed by atoms with Crippen LogP contribution in [-0.2, 0) is 9.47 Å². The zero-order chi connectivity index (χ0) is 12.3. The minimum Gasteiger partial charge on any atom is -0.456 e. The maximum atomic E-state index is 11.8. The molecule has 92 valence electrons. The van der Waals surface area contributed by atoms with Crippen molar-refractivity contribution in [3.8, 4) is 0 Å². The lowest BCUT2D eigenvalue weighted by Crippen LogP contribution is -2.28. The van der Waals surface area contributed by atoms with E-state index in [1.807, 2.05) is 0 Å². The first-order chi connectivity index (χ1) is 8.16. The summed E-state index contributed by atoms with van der Waals surface area (Å²) in [7, 11) is 0. The Labute approximate surface area is 105 Å². The van der Waals surface area contributed by atoms with Crippen molar-refractivity contribution in [3.05, 3.63) is 28.8 Å². The van der Waals surface area contributed by atoms with Crippen LogP contribution in [0.25, 0.3) is 0 Å². The van der Waals surface area contributed by atoms with Gasteiger partial charge in [0.15, 0.2) is 0 Å². The molecule has 0 aliphatic carbocycles. The molecule has 0 aromatic heterocycles. The summed E-state index contributed by atoms with van der Waals surface area (Å²) in [4.78, 5) is 11.8. The predicted molar refractivity (Wildman–Crippen MR) is 65.1 cm³/mol. The second kappa shape index (κ2) is 5.38. The number of carbonyl (C=O) groups excluding carboxylic acids is 1. The predicted octanol–water partition coefficient (Wildman–Crippen LogP) is 2.26. The Hall–Kier alpha value is -1.26. The first-order valence-corrected chi connectivity index (χ1v) is 5.88. The number of hydrogen-bond donors (Lipinski definition) is 1. The number of nitrogen functional groups attached to an aromatic ring is 1. The average Bonchev–Trinajstić information content (AvgIpc) is 2.30. The highest BCUT2D eigenvalue weighted by Crippen LogP contribution is 2.21. The molecule has 1 unspecified atom stereocenters. The van der Waals surface area contributed by atoms with Crippen molar-refractivity contribution in [1.29, 1.82) is 0 Å². The Morgan fingerprint density at radius 3 is 3.00 bits per heavy atom. The van der Waals surface area contributed by atoms with E-state index in [0.29, 0.717) is 22.9 Å². The highest BCUT2D eigenvalue weighted by atomic mass is 35.5. The lowest BCUT2D eigenvalue weighted by molar-refractivity contribution is -0.0305. The molecule has 4 nitrogen and oxygen atoms in total. The molecule has 5 heteroatoms. The molecule has 17 heavy (non-hydrogen) atoms. The number of halogens is 1. The molecule has 2 N–H and O–H groups in total. The van der Waals surface area contributed by atoms with Crippen LogP contribution < -0.4 is 5.73 Å². The second-order valence-corrected chi connectivity index (χ2v) is 4.39. The van der Waals surface area contributed by atoms with Gasteiger partial charge in [-0.05, 0) is 31.0 Å². The van der Waals surface area contributed by atoms with Crippen molar-refractivity contribution < 1.29 is 14.3 Å². The third kappa shape index (κ3) is 3.11. The first kappa shape index (κ1) is 12.2. The maximum Gasteiger partial charge on any atom is 0.340 e. The van der Waals surface area contributed by atoms with Crippen molar-refractivity contribution in [2.45, 2.75) is 18.9 Å². The smallest absolute Gasteiger partial charge is 0.340 e. The third-order valence-electron chi connectivity index (χ3n) is 2.61. The Morgan fingerprint density at radius 2 is 2.35 bits per heavy atom. The first-order valence-electron chi connectivity index (χ1n) is 5.50. The molecule has 0 spiro atoms. The molecule has 0 amide bonds. The van der Waals surface area contributed by atoms with Gasteiger partial charge in [-0.15, -0.1) is 0 Å². The quantitative estimate of drug-likeness (QED) is 0.650. The summed E-state index contributed by atoms with van der Waals surface area (Å²) < 4.78 is 10.5. The average molecular weight is 256 g/mol. The van der Waals surface area contributed by atoms with E-state index in [1.165, 1.54) is 6.07 Å². The highest BCUT2D eigenvalue weighted by Gasteiger charge is 2.20. The lowest BCUT2D eigenvalue weighted by atomic mass is 10.1. The molecule has 1 aliphatic heterocycles. The Bertz CT molecular complexity index is 416. The Balaban J connectivity index is 2.03. The number of nitrogens with two attached hydrogens (primary N) is 1. The van der Waals surface area contributed by atoms with Crippen molar-refractivity contribution in [2.75, 3.05) is 18.9 Å². The summed E-state index contributed by atoms with van der Waals surface area (Å²) in [5.41, 5.74) is 6.42. The number of anilines is 1. The molecular formula is C12H14ClNO3. The second-order valence-electron chi connectivity index (χ2n) is 3.98. The number of ether oxygens (including phenoxy) is 2. The minimum atomic E-state index is -0.425. The fourth-order valence-corrected chi connectivity index (χ4v) is 1.98. The van der Waals surface area contributed by atoms with Crippen LogP contribution in [-0.4, -0.2) is 25.3 Å². The molecular weight excluding hydrogens is 242 g/mol. The molecule has 0 bridgehead atoms. The van der Waals surface area contributed by atoms with Crippen LogP contribution in [0, 0.1) is 0 Å². The number of esters is 1. The Kier molecular flexibility index (Phi) is 3.86. The summed E-state index contributed by atoms with van der Waals surface area (Å²) >= 11 is 5.93. The van der Waals surface area contributed by atoms with Crippen LogP contribution in [0.1, 0.15) is 23.2 Å². The van der Waals surface area contributed by atoms with E-state index in [9.17, 15) is 4.79 Å². The van der Waals surface area contributed by atoms with Gasteiger partial charge in [0.05, 0.1) is 17.2 Å². The standard InChI is InChI=1S/C12H14ClNO3/c13-11-6-8(14)3-4-10(11)12(15)17-9-2-1-5-16-7-9/h3-4,6,9H,1-2,5,7,14H2. The van der Waals surface area contributed by atoms with Crippen LogP contribution in [0.5, 0.6) is 0 Å². The van der Waals surface area contributed by atoms with E-state index in [2.05, 4.69) is 0 Å². The zero-order valence-corrected chi connectivity index (χ0v) is 10.1. The van der Waals surface area contributed by atoms with Gasteiger partial charge in [0, 0.05) is 12.3 Å². The molecule has 1 saturated heterocycles. The van der Waals surface area contributed by atoms with Crippen LogP contribution in [0.4, 0.5) is 5.69 Å². The number of rotatable bonds is 2. The summed E-state index contributed by atoms with van der Waals surface area (Å²) in [5, 5.41) is 0.312. The summed E-state index contributed by atoms with van der Waals surface area (Å²) in [6.07, 6.45) is 1.57. The fraction of sp³-hybridized carbons (Fsp3) is 0.417. The third-order valence-corrected chi connectivity index (χ3v) is 2.92. The molecule has 2 rings (SSSR count). The SMILES string of the molecule is Nc1ccc(C(=O)OC2CCCOC2)c(Cl)c1. The van der Waals surface area contributed by atoms with Gasteiger partial charge in [-0.3, -0.25) is 0 Å². The van der Waals surface area contributed by atoms with Gasteiger partial charge in [-0.25, -0.2) is 4.79 Å². The van der Waals surface area contributed by atoms with E-state index in [-0.39, 0.29) is 6.10 Å². The fourth-order valence-electron chi connectivity index (χ4n) is 1.72. The largest absolute Gasteiger partial charge is 0.456 e. The monoisotopic (exact) mass is 255 g/mol. The van der Waals surface area contributed by atoms with E-state index in [1.54, 1.807) is 12.1 Å². The van der Waals surface area contributed by atoms with Crippen LogP contribution in [0.2, 0.25) is 5.02 Å². The molecule has 1 aromatic rings. The van der Waals surface area contributed by atoms with E-state index >= 15 is 0 Å². The molecule has 1 aromatic carbocycles. The zero-order valence-electron chi connectivity index (χ0n) is 9.32. The number of benzene rings is 1. The van der Waals surface area contributed by atoms with Crippen molar-refractivity contribution in [3.63, 3.8) is 0 Å². The molecule has 1 heterocycles. The van der Waals surface area contributed by atoms with E-state index < -0.39 is 5.97 Å². The molecule has 1 aliphatic rings. The summed E-state index contributed by atoms with van der Waals surface area (Å²) in [6, 6.07) is 4.74. The normalized spacial score (nSPS) is 19.9. The number of carbonyl (C=O) groups is 1. The van der Waals surface area contributed by atoms with Gasteiger partial charge < -0.3 is 15.2 Å². The van der Waals surface area contributed by atoms with Crippen molar-refractivity contribution in [1.82, 2.24) is 0 Å². The molecule has 1 fully saturated rings.